The smallest absolute Gasteiger partial charge is 0.240 e. The molecule has 1 amide bonds. The number of alkyl halides is 1. The maximum atomic E-state index is 11.6. The largest absolute Gasteiger partial charge is 0.336 e. The van der Waals surface area contributed by atoms with Gasteiger partial charge >= 0.3 is 0 Å². The molecule has 2 aromatic carbocycles. The highest BCUT2D eigenvalue weighted by Crippen LogP contribution is 2.29. The third kappa shape index (κ3) is 3.02. The van der Waals surface area contributed by atoms with E-state index < -0.39 is 0 Å². The number of carbonyl (C=O) groups is 1. The molecule has 3 rings (SSSR count). The van der Waals surface area contributed by atoms with Crippen LogP contribution in [0.2, 0.25) is 0 Å². The molecule has 3 aromatic rings. The van der Waals surface area contributed by atoms with E-state index in [4.69, 9.17) is 11.6 Å². The van der Waals surface area contributed by atoms with Gasteiger partial charge < -0.3 is 10.3 Å². The number of anilines is 1. The van der Waals surface area contributed by atoms with E-state index in [-0.39, 0.29) is 11.8 Å². The van der Waals surface area contributed by atoms with E-state index in [0.29, 0.717) is 11.6 Å². The first-order valence-corrected chi connectivity index (χ1v) is 7.38. The first-order valence-electron chi connectivity index (χ1n) is 6.84. The number of aromatic amines is 1. The van der Waals surface area contributed by atoms with Crippen LogP contribution >= 0.6 is 11.6 Å². The number of halogens is 1. The van der Waals surface area contributed by atoms with Crippen molar-refractivity contribution in [3.8, 4) is 22.6 Å². The molecule has 0 atom stereocenters. The second kappa shape index (κ2) is 6.45. The summed E-state index contributed by atoms with van der Waals surface area (Å²) < 4.78 is 0. The summed E-state index contributed by atoms with van der Waals surface area (Å²) in [6, 6.07) is 19.5. The Morgan fingerprint density at radius 3 is 2.18 bits per heavy atom. The minimum atomic E-state index is -0.287. The maximum absolute atomic E-state index is 11.6. The number of H-pyrrole nitrogens is 1. The van der Waals surface area contributed by atoms with Crippen LogP contribution in [0, 0.1) is 0 Å². The molecule has 5 heteroatoms. The molecule has 0 aliphatic heterocycles. The van der Waals surface area contributed by atoms with Gasteiger partial charge in [-0.2, -0.15) is 0 Å². The number of hydrogen-bond donors (Lipinski definition) is 2. The fourth-order valence-electron chi connectivity index (χ4n) is 2.18. The Balaban J connectivity index is 2.07. The second-order valence-corrected chi connectivity index (χ2v) is 4.99. The predicted molar refractivity (Wildman–Crippen MR) is 88.8 cm³/mol. The fraction of sp³-hybridized carbons (Fsp3) is 0.0588. The molecule has 0 saturated carbocycles. The van der Waals surface area contributed by atoms with Crippen LogP contribution in [0.25, 0.3) is 22.6 Å². The predicted octanol–water partition coefficient (Wildman–Crippen LogP) is 3.92. The number of hydrogen-bond acceptors (Lipinski definition) is 2. The van der Waals surface area contributed by atoms with Gasteiger partial charge in [0.1, 0.15) is 11.7 Å². The number of rotatable bonds is 4. The van der Waals surface area contributed by atoms with Gasteiger partial charge in [0, 0.05) is 11.1 Å². The molecular formula is C17H14ClN3O. The lowest BCUT2D eigenvalue weighted by Crippen LogP contribution is -2.13. The lowest BCUT2D eigenvalue weighted by atomic mass is 10.1. The SMILES string of the molecule is O=C(CCl)Nc1nc(-c2ccccc2)[nH]c1-c1ccccc1. The molecule has 0 radical (unpaired) electrons. The van der Waals surface area contributed by atoms with E-state index in [9.17, 15) is 4.79 Å². The van der Waals surface area contributed by atoms with Gasteiger partial charge in [0.15, 0.2) is 5.82 Å². The Kier molecular flexibility index (Phi) is 4.21. The maximum Gasteiger partial charge on any atom is 0.240 e. The molecule has 0 spiro atoms. The number of carbonyl (C=O) groups excluding carboxylic acids is 1. The molecule has 0 saturated heterocycles. The average molecular weight is 312 g/mol. The summed E-state index contributed by atoms with van der Waals surface area (Å²) in [5, 5.41) is 2.74. The Hall–Kier alpha value is -2.59. The molecule has 0 aliphatic rings. The first-order chi connectivity index (χ1) is 10.8. The van der Waals surface area contributed by atoms with Crippen LogP contribution in [0.15, 0.2) is 60.7 Å². The van der Waals surface area contributed by atoms with Crippen LogP contribution in [-0.4, -0.2) is 21.8 Å². The third-order valence-corrected chi connectivity index (χ3v) is 3.44. The van der Waals surface area contributed by atoms with E-state index in [1.807, 2.05) is 60.7 Å². The minimum absolute atomic E-state index is 0.109. The van der Waals surface area contributed by atoms with Crippen LogP contribution in [0.4, 0.5) is 5.82 Å². The van der Waals surface area contributed by atoms with Crippen molar-refractivity contribution in [2.75, 3.05) is 11.2 Å². The summed E-state index contributed by atoms with van der Waals surface area (Å²) in [6.45, 7) is 0. The standard InChI is InChI=1S/C17H14ClN3O/c18-11-14(22)19-17-15(12-7-3-1-4-8-12)20-16(21-17)13-9-5-2-6-10-13/h1-10H,11H2,(H,19,22)(H,20,21). The van der Waals surface area contributed by atoms with Gasteiger partial charge in [-0.15, -0.1) is 11.6 Å². The van der Waals surface area contributed by atoms with Gasteiger partial charge in [0.05, 0.1) is 5.69 Å². The van der Waals surface area contributed by atoms with Crippen LogP contribution in [0.1, 0.15) is 0 Å². The zero-order valence-corrected chi connectivity index (χ0v) is 12.5. The van der Waals surface area contributed by atoms with Crippen molar-refractivity contribution in [1.29, 1.82) is 0 Å². The Bertz CT molecular complexity index is 769. The zero-order chi connectivity index (χ0) is 15.4. The summed E-state index contributed by atoms with van der Waals surface area (Å²) in [4.78, 5) is 19.4. The highest BCUT2D eigenvalue weighted by atomic mass is 35.5. The summed E-state index contributed by atoms with van der Waals surface area (Å²) in [5.74, 6) is 0.784. The topological polar surface area (TPSA) is 57.8 Å². The summed E-state index contributed by atoms with van der Waals surface area (Å²) in [7, 11) is 0. The van der Waals surface area contributed by atoms with Crippen molar-refractivity contribution in [3.63, 3.8) is 0 Å². The molecular weight excluding hydrogens is 298 g/mol. The minimum Gasteiger partial charge on any atom is -0.336 e. The van der Waals surface area contributed by atoms with Crippen LogP contribution in [0.5, 0.6) is 0 Å². The number of benzene rings is 2. The molecule has 0 unspecified atom stereocenters. The number of aromatic nitrogens is 2. The molecule has 1 aromatic heterocycles. The van der Waals surface area contributed by atoms with E-state index in [1.54, 1.807) is 0 Å². The van der Waals surface area contributed by atoms with Gasteiger partial charge in [0.2, 0.25) is 5.91 Å². The average Bonchev–Trinajstić information content (AvgIpc) is 3.00. The third-order valence-electron chi connectivity index (χ3n) is 3.19. The molecule has 2 N–H and O–H groups in total. The highest BCUT2D eigenvalue weighted by molar-refractivity contribution is 6.29. The van der Waals surface area contributed by atoms with Crippen molar-refractivity contribution in [2.24, 2.45) is 0 Å². The van der Waals surface area contributed by atoms with Crippen LogP contribution in [0.3, 0.4) is 0 Å². The molecule has 22 heavy (non-hydrogen) atoms. The molecule has 110 valence electrons. The van der Waals surface area contributed by atoms with Crippen LogP contribution in [-0.2, 0) is 4.79 Å². The van der Waals surface area contributed by atoms with E-state index in [2.05, 4.69) is 15.3 Å². The normalized spacial score (nSPS) is 10.4. The van der Waals surface area contributed by atoms with Crippen molar-refractivity contribution in [3.05, 3.63) is 60.7 Å². The van der Waals surface area contributed by atoms with E-state index in [1.165, 1.54) is 0 Å². The number of nitrogens with zero attached hydrogens (tertiary/aromatic N) is 1. The quantitative estimate of drug-likeness (QED) is 0.717. The second-order valence-electron chi connectivity index (χ2n) is 4.72. The Morgan fingerprint density at radius 1 is 1.00 bits per heavy atom. The molecule has 0 bridgehead atoms. The summed E-state index contributed by atoms with van der Waals surface area (Å²) in [5.41, 5.74) is 2.66. The summed E-state index contributed by atoms with van der Waals surface area (Å²) in [6.07, 6.45) is 0. The van der Waals surface area contributed by atoms with Crippen LogP contribution < -0.4 is 5.32 Å². The summed E-state index contributed by atoms with van der Waals surface area (Å²) >= 11 is 5.57. The number of amides is 1. The van der Waals surface area contributed by atoms with Gasteiger partial charge in [-0.3, -0.25) is 4.79 Å². The van der Waals surface area contributed by atoms with Crippen molar-refractivity contribution < 1.29 is 4.79 Å². The molecule has 0 fully saturated rings. The number of imidazole rings is 1. The molecule has 4 nitrogen and oxygen atoms in total. The van der Waals surface area contributed by atoms with E-state index >= 15 is 0 Å². The zero-order valence-electron chi connectivity index (χ0n) is 11.7. The van der Waals surface area contributed by atoms with Gasteiger partial charge in [-0.05, 0) is 0 Å². The fourth-order valence-corrected chi connectivity index (χ4v) is 2.24. The first kappa shape index (κ1) is 14.4. The monoisotopic (exact) mass is 311 g/mol. The lowest BCUT2D eigenvalue weighted by molar-refractivity contribution is -0.113. The Labute approximate surface area is 133 Å². The molecule has 1 heterocycles. The van der Waals surface area contributed by atoms with Crippen molar-refractivity contribution in [1.82, 2.24) is 9.97 Å². The van der Waals surface area contributed by atoms with E-state index in [0.717, 1.165) is 16.8 Å². The number of nitrogens with one attached hydrogen (secondary N) is 2. The van der Waals surface area contributed by atoms with Gasteiger partial charge in [0.25, 0.3) is 0 Å². The van der Waals surface area contributed by atoms with Crippen molar-refractivity contribution >= 4 is 23.3 Å². The Morgan fingerprint density at radius 2 is 1.59 bits per heavy atom. The molecule has 0 aliphatic carbocycles. The van der Waals surface area contributed by atoms with Gasteiger partial charge in [-0.1, -0.05) is 60.7 Å². The van der Waals surface area contributed by atoms with Gasteiger partial charge in [-0.25, -0.2) is 4.98 Å². The highest BCUT2D eigenvalue weighted by Gasteiger charge is 2.15. The lowest BCUT2D eigenvalue weighted by Gasteiger charge is -2.03. The van der Waals surface area contributed by atoms with Crippen molar-refractivity contribution in [2.45, 2.75) is 0 Å².